The minimum Gasteiger partial charge on any atom is -0.495 e. The number of hydrogen-bond donors (Lipinski definition) is 1. The van der Waals surface area contributed by atoms with Gasteiger partial charge in [-0.2, -0.15) is 5.26 Å². The van der Waals surface area contributed by atoms with E-state index in [9.17, 15) is 14.9 Å². The lowest BCUT2D eigenvalue weighted by molar-refractivity contribution is 0.0931. The van der Waals surface area contributed by atoms with Crippen LogP contribution >= 0.6 is 0 Å². The second-order valence-corrected chi connectivity index (χ2v) is 7.34. The van der Waals surface area contributed by atoms with Gasteiger partial charge in [-0.25, -0.2) is 19.7 Å². The number of hydrogen-bond acceptors (Lipinski definition) is 9. The fourth-order valence-electron chi connectivity index (χ4n) is 3.45. The molecule has 0 saturated carbocycles. The average molecular weight is 487 g/mol. The molecular formula is C24H21N7O5. The van der Waals surface area contributed by atoms with E-state index in [1.54, 1.807) is 53.3 Å². The summed E-state index contributed by atoms with van der Waals surface area (Å²) in [7, 11) is 4.18. The molecule has 4 rings (SSSR count). The van der Waals surface area contributed by atoms with E-state index in [2.05, 4.69) is 25.0 Å². The third kappa shape index (κ3) is 4.77. The summed E-state index contributed by atoms with van der Waals surface area (Å²) in [5.41, 5.74) is 2.85. The maximum Gasteiger partial charge on any atom is 0.412 e. The van der Waals surface area contributed by atoms with Crippen molar-refractivity contribution in [2.75, 3.05) is 38.3 Å². The number of carbonyl (C=O) groups is 2. The summed E-state index contributed by atoms with van der Waals surface area (Å²) in [6, 6.07) is 10.2. The van der Waals surface area contributed by atoms with Gasteiger partial charge in [0.1, 0.15) is 30.1 Å². The molecule has 0 bridgehead atoms. The predicted octanol–water partition coefficient (Wildman–Crippen LogP) is 3.10. The fraction of sp³-hybridized carbons (Fsp3) is 0.167. The molecule has 1 N–H and O–H groups in total. The Bertz CT molecular complexity index is 1460. The molecule has 0 unspecified atom stereocenters. The Morgan fingerprint density at radius 2 is 1.92 bits per heavy atom. The molecule has 4 aromatic rings. The summed E-state index contributed by atoms with van der Waals surface area (Å²) < 4.78 is 16.8. The standard InChI is InChI=1S/C24H21N7O5/c1-34-14-31(17-6-4-15(9-25)20(8-17)35-2)23(32)18-13-30-19(11-28-22(30)12-26-18)16-5-7-21(27-10-16)29-24(33)36-3/h4-8,10-13H,14H2,1-3H3,(H,27,29,33). The Kier molecular flexibility index (Phi) is 7.03. The van der Waals surface area contributed by atoms with Crippen LogP contribution in [0.5, 0.6) is 5.75 Å². The van der Waals surface area contributed by atoms with Gasteiger partial charge in [0.2, 0.25) is 0 Å². The predicted molar refractivity (Wildman–Crippen MR) is 129 cm³/mol. The molecule has 0 aliphatic rings. The molecule has 12 nitrogen and oxygen atoms in total. The molecule has 0 atom stereocenters. The van der Waals surface area contributed by atoms with E-state index in [-0.39, 0.29) is 12.4 Å². The zero-order chi connectivity index (χ0) is 25.7. The second-order valence-electron chi connectivity index (χ2n) is 7.34. The van der Waals surface area contributed by atoms with Crippen LogP contribution < -0.4 is 15.0 Å². The van der Waals surface area contributed by atoms with Gasteiger partial charge >= 0.3 is 6.09 Å². The minimum atomic E-state index is -0.625. The molecule has 36 heavy (non-hydrogen) atoms. The first-order chi connectivity index (χ1) is 17.5. The highest BCUT2D eigenvalue weighted by Gasteiger charge is 2.22. The summed E-state index contributed by atoms with van der Waals surface area (Å²) in [5, 5.41) is 11.7. The summed E-state index contributed by atoms with van der Waals surface area (Å²) >= 11 is 0. The maximum absolute atomic E-state index is 13.5. The lowest BCUT2D eigenvalue weighted by Gasteiger charge is -2.22. The number of nitriles is 1. The molecule has 3 heterocycles. The number of imidazole rings is 1. The van der Waals surface area contributed by atoms with Crippen molar-refractivity contribution in [2.24, 2.45) is 0 Å². The largest absolute Gasteiger partial charge is 0.495 e. The number of nitrogens with one attached hydrogen (secondary N) is 1. The van der Waals surface area contributed by atoms with Crippen LogP contribution in [-0.4, -0.2) is 59.4 Å². The van der Waals surface area contributed by atoms with E-state index in [0.717, 1.165) is 0 Å². The zero-order valence-electron chi connectivity index (χ0n) is 19.6. The Morgan fingerprint density at radius 3 is 2.58 bits per heavy atom. The van der Waals surface area contributed by atoms with Crippen LogP contribution in [0.2, 0.25) is 0 Å². The van der Waals surface area contributed by atoms with E-state index in [1.807, 2.05) is 6.07 Å². The van der Waals surface area contributed by atoms with Gasteiger partial charge in [0, 0.05) is 31.1 Å². The molecule has 0 radical (unpaired) electrons. The van der Waals surface area contributed by atoms with Gasteiger partial charge in [0.15, 0.2) is 5.65 Å². The van der Waals surface area contributed by atoms with Crippen molar-refractivity contribution in [1.29, 1.82) is 5.26 Å². The summed E-state index contributed by atoms with van der Waals surface area (Å²) in [6.45, 7) is -0.0526. The first-order valence-electron chi connectivity index (χ1n) is 10.5. The van der Waals surface area contributed by atoms with Crippen molar-refractivity contribution in [3.63, 3.8) is 0 Å². The van der Waals surface area contributed by atoms with Gasteiger partial charge in [-0.3, -0.25) is 19.4 Å². The first-order valence-corrected chi connectivity index (χ1v) is 10.5. The van der Waals surface area contributed by atoms with Crippen molar-refractivity contribution < 1.29 is 23.8 Å². The molecule has 3 aromatic heterocycles. The number of rotatable bonds is 7. The molecule has 0 saturated heterocycles. The summed E-state index contributed by atoms with van der Waals surface area (Å²) in [6.07, 6.45) is 5.64. The number of aromatic nitrogens is 4. The van der Waals surface area contributed by atoms with Gasteiger partial charge in [-0.1, -0.05) is 0 Å². The Hall–Kier alpha value is -5.02. The van der Waals surface area contributed by atoms with Crippen molar-refractivity contribution in [2.45, 2.75) is 0 Å². The summed E-state index contributed by atoms with van der Waals surface area (Å²) in [5.74, 6) is 0.229. The lowest BCUT2D eigenvalue weighted by Crippen LogP contribution is -2.33. The van der Waals surface area contributed by atoms with E-state index >= 15 is 0 Å². The van der Waals surface area contributed by atoms with Crippen LogP contribution in [0.15, 0.2) is 55.1 Å². The van der Waals surface area contributed by atoms with Crippen molar-refractivity contribution in [3.05, 3.63) is 66.4 Å². The molecule has 0 spiro atoms. The molecule has 0 aliphatic heterocycles. The van der Waals surface area contributed by atoms with Crippen LogP contribution in [-0.2, 0) is 9.47 Å². The topological polar surface area (TPSA) is 144 Å². The number of carbonyl (C=O) groups excluding carboxylic acids is 2. The fourth-order valence-corrected chi connectivity index (χ4v) is 3.45. The van der Waals surface area contributed by atoms with Crippen molar-refractivity contribution >= 4 is 29.2 Å². The van der Waals surface area contributed by atoms with Gasteiger partial charge in [-0.05, 0) is 24.3 Å². The zero-order valence-corrected chi connectivity index (χ0v) is 19.6. The Balaban J connectivity index is 1.68. The number of methoxy groups -OCH3 is 3. The lowest BCUT2D eigenvalue weighted by atomic mass is 10.2. The van der Waals surface area contributed by atoms with Crippen LogP contribution in [0.4, 0.5) is 16.3 Å². The second kappa shape index (κ2) is 10.5. The number of benzene rings is 1. The number of ether oxygens (including phenoxy) is 3. The molecule has 1 aromatic carbocycles. The highest BCUT2D eigenvalue weighted by atomic mass is 16.5. The normalized spacial score (nSPS) is 10.5. The summed E-state index contributed by atoms with van der Waals surface area (Å²) in [4.78, 5) is 39.1. The van der Waals surface area contributed by atoms with Gasteiger partial charge < -0.3 is 14.2 Å². The Morgan fingerprint density at radius 1 is 1.08 bits per heavy atom. The van der Waals surface area contributed by atoms with Crippen molar-refractivity contribution in [1.82, 2.24) is 19.4 Å². The van der Waals surface area contributed by atoms with Gasteiger partial charge in [0.25, 0.3) is 5.91 Å². The maximum atomic E-state index is 13.5. The Labute approximate surface area is 205 Å². The third-order valence-corrected chi connectivity index (χ3v) is 5.21. The van der Waals surface area contributed by atoms with Gasteiger partial charge in [-0.15, -0.1) is 0 Å². The molecule has 2 amide bonds. The van der Waals surface area contributed by atoms with E-state index in [4.69, 9.17) is 9.47 Å². The number of nitrogens with zero attached hydrogens (tertiary/aromatic N) is 6. The molecule has 12 heteroatoms. The number of pyridine rings is 1. The minimum absolute atomic E-state index is 0.0526. The van der Waals surface area contributed by atoms with Crippen LogP contribution in [0.1, 0.15) is 16.1 Å². The number of fused-ring (bicyclic) bond motifs is 1. The number of amides is 2. The quantitative estimate of drug-likeness (QED) is 0.389. The van der Waals surface area contributed by atoms with Crippen molar-refractivity contribution in [3.8, 4) is 23.1 Å². The highest BCUT2D eigenvalue weighted by Crippen LogP contribution is 2.27. The van der Waals surface area contributed by atoms with E-state index in [0.29, 0.717) is 39.7 Å². The van der Waals surface area contributed by atoms with E-state index in [1.165, 1.54) is 32.4 Å². The van der Waals surface area contributed by atoms with Crippen LogP contribution in [0, 0.1) is 11.3 Å². The van der Waals surface area contributed by atoms with Crippen LogP contribution in [0.3, 0.4) is 0 Å². The molecule has 0 fully saturated rings. The molecule has 182 valence electrons. The number of anilines is 2. The SMILES string of the molecule is COCN(C(=O)c1cn2c(-c3ccc(NC(=O)OC)nc3)cnc2cn1)c1ccc(C#N)c(OC)c1. The highest BCUT2D eigenvalue weighted by molar-refractivity contribution is 6.04. The van der Waals surface area contributed by atoms with Crippen LogP contribution in [0.25, 0.3) is 16.9 Å². The average Bonchev–Trinajstić information content (AvgIpc) is 3.34. The van der Waals surface area contributed by atoms with Gasteiger partial charge in [0.05, 0.1) is 43.6 Å². The smallest absolute Gasteiger partial charge is 0.412 e. The third-order valence-electron chi connectivity index (χ3n) is 5.21. The van der Waals surface area contributed by atoms with E-state index < -0.39 is 12.0 Å². The molecule has 0 aliphatic carbocycles. The monoisotopic (exact) mass is 487 g/mol. The molecular weight excluding hydrogens is 466 g/mol. The first kappa shape index (κ1) is 24.1.